The molecule has 142 valence electrons. The summed E-state index contributed by atoms with van der Waals surface area (Å²) in [7, 11) is 0. The number of hydrogen-bond donors (Lipinski definition) is 0. The van der Waals surface area contributed by atoms with E-state index < -0.39 is 16.8 Å². The van der Waals surface area contributed by atoms with E-state index in [1.165, 1.54) is 17.0 Å². The molecule has 1 aliphatic carbocycles. The van der Waals surface area contributed by atoms with Gasteiger partial charge in [0.2, 0.25) is 0 Å². The molecule has 0 spiro atoms. The topological polar surface area (TPSA) is 103 Å². The lowest BCUT2D eigenvalue weighted by Gasteiger charge is -2.20. The van der Waals surface area contributed by atoms with Gasteiger partial charge in [-0.3, -0.25) is 19.8 Å². The highest BCUT2D eigenvalue weighted by Gasteiger charge is 2.37. The van der Waals surface area contributed by atoms with Crippen LogP contribution in [0.15, 0.2) is 18.2 Å². The van der Waals surface area contributed by atoms with Crippen molar-refractivity contribution in [1.29, 1.82) is 0 Å². The van der Waals surface area contributed by atoms with Crippen LogP contribution < -0.4 is 4.90 Å². The van der Waals surface area contributed by atoms with Crippen LogP contribution in [0.3, 0.4) is 0 Å². The molecule has 0 atom stereocenters. The number of anilines is 1. The number of thiazole rings is 1. The molecular formula is C17H16ClN3O5S. The number of halogens is 1. The summed E-state index contributed by atoms with van der Waals surface area (Å²) in [5.74, 6) is -0.878. The molecule has 1 aliphatic rings. The SMILES string of the molecule is CCOC(=O)c1sc(N(C(=O)c2ccc([N+](=O)[O-])cc2Cl)C2CC2)nc1C. The summed E-state index contributed by atoms with van der Waals surface area (Å²) in [6.45, 7) is 3.64. The molecule has 1 aromatic heterocycles. The molecule has 2 aromatic rings. The number of aromatic nitrogens is 1. The van der Waals surface area contributed by atoms with Gasteiger partial charge in [-0.15, -0.1) is 0 Å². The van der Waals surface area contributed by atoms with Crippen molar-refractivity contribution < 1.29 is 19.2 Å². The highest BCUT2D eigenvalue weighted by molar-refractivity contribution is 7.17. The molecule has 1 aromatic carbocycles. The van der Waals surface area contributed by atoms with E-state index in [0.29, 0.717) is 15.7 Å². The summed E-state index contributed by atoms with van der Waals surface area (Å²) >= 11 is 7.20. The summed E-state index contributed by atoms with van der Waals surface area (Å²) in [5, 5.41) is 11.3. The highest BCUT2D eigenvalue weighted by Crippen LogP contribution is 2.37. The lowest BCUT2D eigenvalue weighted by Crippen LogP contribution is -2.33. The molecule has 1 saturated carbocycles. The van der Waals surface area contributed by atoms with E-state index in [-0.39, 0.29) is 28.9 Å². The number of hydrogen-bond acceptors (Lipinski definition) is 7. The third-order valence-electron chi connectivity index (χ3n) is 3.98. The first-order valence-corrected chi connectivity index (χ1v) is 9.45. The van der Waals surface area contributed by atoms with Crippen LogP contribution in [0.25, 0.3) is 0 Å². The maximum Gasteiger partial charge on any atom is 0.350 e. The molecule has 0 bridgehead atoms. The number of non-ortho nitro benzene ring substituents is 1. The summed E-state index contributed by atoms with van der Waals surface area (Å²) in [4.78, 5) is 41.6. The zero-order chi connectivity index (χ0) is 19.7. The Balaban J connectivity index is 1.95. The second-order valence-electron chi connectivity index (χ2n) is 5.96. The molecular weight excluding hydrogens is 394 g/mol. The second kappa shape index (κ2) is 7.61. The normalized spacial score (nSPS) is 13.3. The van der Waals surface area contributed by atoms with Crippen molar-refractivity contribution in [1.82, 2.24) is 4.98 Å². The highest BCUT2D eigenvalue weighted by atomic mass is 35.5. The molecule has 0 unspecified atom stereocenters. The fourth-order valence-electron chi connectivity index (χ4n) is 2.53. The minimum atomic E-state index is -0.575. The van der Waals surface area contributed by atoms with Gasteiger partial charge in [-0.2, -0.15) is 0 Å². The minimum Gasteiger partial charge on any atom is -0.462 e. The Kier molecular flexibility index (Phi) is 5.43. The van der Waals surface area contributed by atoms with Crippen molar-refractivity contribution in [3.8, 4) is 0 Å². The molecule has 8 nitrogen and oxygen atoms in total. The van der Waals surface area contributed by atoms with E-state index in [1.807, 2.05) is 0 Å². The molecule has 0 saturated heterocycles. The maximum absolute atomic E-state index is 13.1. The molecule has 1 heterocycles. The lowest BCUT2D eigenvalue weighted by atomic mass is 10.2. The van der Waals surface area contributed by atoms with Crippen LogP contribution >= 0.6 is 22.9 Å². The molecule has 3 rings (SSSR count). The van der Waals surface area contributed by atoms with Crippen LogP contribution in [0.1, 0.15) is 45.5 Å². The monoisotopic (exact) mass is 409 g/mol. The number of benzene rings is 1. The van der Waals surface area contributed by atoms with Crippen molar-refractivity contribution >= 4 is 45.6 Å². The Morgan fingerprint density at radius 1 is 1.44 bits per heavy atom. The largest absolute Gasteiger partial charge is 0.462 e. The van der Waals surface area contributed by atoms with Crippen LogP contribution in [0.5, 0.6) is 0 Å². The van der Waals surface area contributed by atoms with Crippen LogP contribution in [-0.2, 0) is 4.74 Å². The van der Waals surface area contributed by atoms with Gasteiger partial charge < -0.3 is 4.74 Å². The quantitative estimate of drug-likeness (QED) is 0.406. The molecule has 1 fully saturated rings. The molecule has 1 amide bonds. The third-order valence-corrected chi connectivity index (χ3v) is 5.43. The van der Waals surface area contributed by atoms with E-state index in [4.69, 9.17) is 16.3 Å². The number of aryl methyl sites for hydroxylation is 1. The summed E-state index contributed by atoms with van der Waals surface area (Å²) in [6, 6.07) is 3.69. The van der Waals surface area contributed by atoms with Gasteiger partial charge in [-0.05, 0) is 32.8 Å². The van der Waals surface area contributed by atoms with Crippen molar-refractivity contribution in [2.45, 2.75) is 32.7 Å². The van der Waals surface area contributed by atoms with E-state index in [0.717, 1.165) is 30.2 Å². The van der Waals surface area contributed by atoms with Gasteiger partial charge in [-0.1, -0.05) is 22.9 Å². The van der Waals surface area contributed by atoms with Crippen LogP contribution in [0, 0.1) is 17.0 Å². The Morgan fingerprint density at radius 2 is 2.15 bits per heavy atom. The fraction of sp³-hybridized carbons (Fsp3) is 0.353. The maximum atomic E-state index is 13.1. The Hall–Kier alpha value is -2.52. The number of carbonyl (C=O) groups is 2. The number of ether oxygens (including phenoxy) is 1. The first-order chi connectivity index (χ1) is 12.8. The van der Waals surface area contributed by atoms with Gasteiger partial charge in [0.25, 0.3) is 11.6 Å². The number of nitro groups is 1. The Labute approximate surface area is 163 Å². The van der Waals surface area contributed by atoms with Crippen molar-refractivity contribution in [3.05, 3.63) is 49.5 Å². The summed E-state index contributed by atoms with van der Waals surface area (Å²) in [5.41, 5.74) is 0.450. The standard InChI is InChI=1S/C17H16ClN3O5S/c1-3-26-16(23)14-9(2)19-17(27-14)20(10-4-5-10)15(22)12-7-6-11(21(24)25)8-13(12)18/h6-8,10H,3-5H2,1-2H3. The Bertz CT molecular complexity index is 925. The lowest BCUT2D eigenvalue weighted by molar-refractivity contribution is -0.384. The second-order valence-corrected chi connectivity index (χ2v) is 7.34. The van der Waals surface area contributed by atoms with Crippen LogP contribution in [0.4, 0.5) is 10.8 Å². The predicted molar refractivity (Wildman–Crippen MR) is 101 cm³/mol. The Morgan fingerprint density at radius 3 is 2.70 bits per heavy atom. The predicted octanol–water partition coefficient (Wildman–Crippen LogP) is 4.00. The van der Waals surface area contributed by atoms with Crippen LogP contribution in [-0.4, -0.2) is 34.4 Å². The first kappa shape index (κ1) is 19.2. The number of nitrogens with zero attached hydrogens (tertiary/aromatic N) is 3. The van der Waals surface area contributed by atoms with E-state index >= 15 is 0 Å². The number of esters is 1. The van der Waals surface area contributed by atoms with E-state index in [2.05, 4.69) is 4.98 Å². The molecule has 27 heavy (non-hydrogen) atoms. The van der Waals surface area contributed by atoms with Crippen molar-refractivity contribution in [3.63, 3.8) is 0 Å². The zero-order valence-electron chi connectivity index (χ0n) is 14.6. The minimum absolute atomic E-state index is 0.00116. The smallest absolute Gasteiger partial charge is 0.350 e. The third kappa shape index (κ3) is 3.93. The molecule has 0 radical (unpaired) electrons. The summed E-state index contributed by atoms with van der Waals surface area (Å²) in [6.07, 6.45) is 1.62. The number of rotatable bonds is 6. The van der Waals surface area contributed by atoms with Gasteiger partial charge in [-0.25, -0.2) is 9.78 Å². The van der Waals surface area contributed by atoms with E-state index in [1.54, 1.807) is 13.8 Å². The fourth-order valence-corrected chi connectivity index (χ4v) is 3.82. The van der Waals surface area contributed by atoms with Gasteiger partial charge in [0.15, 0.2) is 5.13 Å². The average Bonchev–Trinajstić information content (AvgIpc) is 3.36. The van der Waals surface area contributed by atoms with Gasteiger partial charge in [0.1, 0.15) is 4.88 Å². The van der Waals surface area contributed by atoms with Gasteiger partial charge >= 0.3 is 5.97 Å². The molecule has 10 heteroatoms. The number of carbonyl (C=O) groups excluding carboxylic acids is 2. The van der Waals surface area contributed by atoms with Gasteiger partial charge in [0.05, 0.1) is 27.8 Å². The summed E-state index contributed by atoms with van der Waals surface area (Å²) < 4.78 is 5.02. The first-order valence-electron chi connectivity index (χ1n) is 8.25. The van der Waals surface area contributed by atoms with E-state index in [9.17, 15) is 19.7 Å². The number of nitro benzene ring substituents is 1. The number of amides is 1. The van der Waals surface area contributed by atoms with Crippen LogP contribution in [0.2, 0.25) is 5.02 Å². The van der Waals surface area contributed by atoms with Crippen molar-refractivity contribution in [2.24, 2.45) is 0 Å². The molecule has 0 aliphatic heterocycles. The van der Waals surface area contributed by atoms with Crippen molar-refractivity contribution in [2.75, 3.05) is 11.5 Å². The van der Waals surface area contributed by atoms with Gasteiger partial charge in [0, 0.05) is 18.2 Å². The average molecular weight is 410 g/mol. The molecule has 0 N–H and O–H groups in total. The zero-order valence-corrected chi connectivity index (χ0v) is 16.2.